The lowest BCUT2D eigenvalue weighted by Crippen LogP contribution is -2.14. The van der Waals surface area contributed by atoms with Crippen LogP contribution in [0.3, 0.4) is 0 Å². The van der Waals surface area contributed by atoms with E-state index in [1.54, 1.807) is 12.3 Å². The van der Waals surface area contributed by atoms with Gasteiger partial charge < -0.3 is 4.98 Å². The zero-order valence-electron chi connectivity index (χ0n) is 5.09. The SMILES string of the molecule is O=S1(=O)NCc2[nH]ccc21. The lowest BCUT2D eigenvalue weighted by atomic mass is 10.4. The van der Waals surface area contributed by atoms with Crippen molar-refractivity contribution in [3.8, 4) is 0 Å². The smallest absolute Gasteiger partial charge is 0.242 e. The normalized spacial score (nSPS) is 20.8. The van der Waals surface area contributed by atoms with Gasteiger partial charge in [0, 0.05) is 6.20 Å². The molecular formula is C5H6N2O2S. The Morgan fingerprint density at radius 1 is 1.50 bits per heavy atom. The van der Waals surface area contributed by atoms with Crippen molar-refractivity contribution >= 4 is 10.0 Å². The number of aromatic amines is 1. The third kappa shape index (κ3) is 0.614. The first-order valence-corrected chi connectivity index (χ1v) is 4.34. The third-order valence-electron chi connectivity index (χ3n) is 1.52. The molecule has 10 heavy (non-hydrogen) atoms. The number of rotatable bonds is 0. The van der Waals surface area contributed by atoms with Crippen molar-refractivity contribution in [1.29, 1.82) is 0 Å². The van der Waals surface area contributed by atoms with Crippen molar-refractivity contribution in [2.45, 2.75) is 11.4 Å². The first kappa shape index (κ1) is 5.94. The van der Waals surface area contributed by atoms with Crippen molar-refractivity contribution in [1.82, 2.24) is 9.71 Å². The van der Waals surface area contributed by atoms with E-state index in [0.29, 0.717) is 11.4 Å². The molecule has 1 aliphatic heterocycles. The predicted octanol–water partition coefficient (Wildman–Crippen LogP) is -0.193. The molecule has 2 rings (SSSR count). The molecule has 4 nitrogen and oxygen atoms in total. The van der Waals surface area contributed by atoms with Gasteiger partial charge in [-0.05, 0) is 6.07 Å². The van der Waals surface area contributed by atoms with E-state index in [9.17, 15) is 8.42 Å². The van der Waals surface area contributed by atoms with E-state index in [1.807, 2.05) is 0 Å². The number of hydrogen-bond donors (Lipinski definition) is 2. The van der Waals surface area contributed by atoms with Crippen LogP contribution in [-0.4, -0.2) is 13.4 Å². The molecule has 2 N–H and O–H groups in total. The maximum atomic E-state index is 11.0. The van der Waals surface area contributed by atoms with Crippen LogP contribution >= 0.6 is 0 Å². The van der Waals surface area contributed by atoms with Gasteiger partial charge in [-0.3, -0.25) is 0 Å². The zero-order valence-corrected chi connectivity index (χ0v) is 5.90. The Balaban J connectivity index is 2.76. The second-order valence-electron chi connectivity index (χ2n) is 2.15. The molecule has 0 fully saturated rings. The van der Waals surface area contributed by atoms with Crippen molar-refractivity contribution in [3.05, 3.63) is 18.0 Å². The standard InChI is InChI=1S/C5H6N2O2S/c8-10(9)5-1-2-6-4(5)3-7-10/h1-2,6-7H,3H2. The average molecular weight is 158 g/mol. The summed E-state index contributed by atoms with van der Waals surface area (Å²) in [6.07, 6.45) is 1.63. The molecule has 0 atom stereocenters. The van der Waals surface area contributed by atoms with Crippen LogP contribution in [0.4, 0.5) is 0 Å². The van der Waals surface area contributed by atoms with E-state index >= 15 is 0 Å². The fourth-order valence-corrected chi connectivity index (χ4v) is 2.22. The van der Waals surface area contributed by atoms with Crippen molar-refractivity contribution in [2.75, 3.05) is 0 Å². The van der Waals surface area contributed by atoms with Crippen LogP contribution in [0.2, 0.25) is 0 Å². The number of fused-ring (bicyclic) bond motifs is 1. The van der Waals surface area contributed by atoms with E-state index in [0.717, 1.165) is 5.69 Å². The van der Waals surface area contributed by atoms with E-state index < -0.39 is 10.0 Å². The maximum absolute atomic E-state index is 11.0. The Hall–Kier alpha value is -0.810. The van der Waals surface area contributed by atoms with Crippen LogP contribution in [0.5, 0.6) is 0 Å². The molecule has 1 aromatic rings. The molecule has 54 valence electrons. The highest BCUT2D eigenvalue weighted by atomic mass is 32.2. The molecule has 0 saturated heterocycles. The Labute approximate surface area is 58.3 Å². The highest BCUT2D eigenvalue weighted by Gasteiger charge is 2.25. The second-order valence-corrected chi connectivity index (χ2v) is 3.88. The van der Waals surface area contributed by atoms with Crippen LogP contribution in [0.1, 0.15) is 5.69 Å². The summed E-state index contributed by atoms with van der Waals surface area (Å²) in [7, 11) is -3.14. The number of hydrogen-bond acceptors (Lipinski definition) is 2. The van der Waals surface area contributed by atoms with Gasteiger partial charge in [0.25, 0.3) is 0 Å². The van der Waals surface area contributed by atoms with Crippen LogP contribution < -0.4 is 4.72 Å². The van der Waals surface area contributed by atoms with E-state index in [-0.39, 0.29) is 0 Å². The van der Waals surface area contributed by atoms with Crippen LogP contribution in [0.25, 0.3) is 0 Å². The highest BCUT2D eigenvalue weighted by molar-refractivity contribution is 7.89. The summed E-state index contributed by atoms with van der Waals surface area (Å²) in [5, 5.41) is 0. The largest absolute Gasteiger partial charge is 0.363 e. The van der Waals surface area contributed by atoms with E-state index in [4.69, 9.17) is 0 Å². The third-order valence-corrected chi connectivity index (χ3v) is 3.00. The Morgan fingerprint density at radius 2 is 2.30 bits per heavy atom. The van der Waals surface area contributed by atoms with E-state index in [2.05, 4.69) is 9.71 Å². The van der Waals surface area contributed by atoms with Gasteiger partial charge in [0.15, 0.2) is 0 Å². The minimum atomic E-state index is -3.14. The molecule has 0 bridgehead atoms. The molecule has 0 saturated carbocycles. The Kier molecular flexibility index (Phi) is 0.959. The van der Waals surface area contributed by atoms with Crippen LogP contribution in [0.15, 0.2) is 17.2 Å². The van der Waals surface area contributed by atoms with Gasteiger partial charge in [0.2, 0.25) is 10.0 Å². The summed E-state index contributed by atoms with van der Waals surface area (Å²) in [5.41, 5.74) is 0.750. The summed E-state index contributed by atoms with van der Waals surface area (Å²) in [5.74, 6) is 0. The summed E-state index contributed by atoms with van der Waals surface area (Å²) in [6.45, 7) is 0.394. The topological polar surface area (TPSA) is 62.0 Å². The molecule has 0 aromatic carbocycles. The average Bonchev–Trinajstić information content (AvgIpc) is 2.36. The number of nitrogens with one attached hydrogen (secondary N) is 2. The first-order chi connectivity index (χ1) is 4.70. The van der Waals surface area contributed by atoms with Gasteiger partial charge in [0.05, 0.1) is 12.2 Å². The molecule has 0 aliphatic carbocycles. The predicted molar refractivity (Wildman–Crippen MR) is 34.8 cm³/mol. The number of sulfonamides is 1. The lowest BCUT2D eigenvalue weighted by molar-refractivity contribution is 0.589. The summed E-state index contributed by atoms with van der Waals surface area (Å²) < 4.78 is 24.3. The summed E-state index contributed by atoms with van der Waals surface area (Å²) in [4.78, 5) is 3.21. The first-order valence-electron chi connectivity index (χ1n) is 2.86. The summed E-state index contributed by atoms with van der Waals surface area (Å²) in [6, 6.07) is 1.56. The monoisotopic (exact) mass is 158 g/mol. The molecule has 0 spiro atoms. The fourth-order valence-electron chi connectivity index (χ4n) is 1.02. The molecular weight excluding hydrogens is 152 g/mol. The number of H-pyrrole nitrogens is 1. The van der Waals surface area contributed by atoms with E-state index in [1.165, 1.54) is 0 Å². The maximum Gasteiger partial charge on any atom is 0.242 e. The fraction of sp³-hybridized carbons (Fsp3) is 0.200. The molecule has 1 aromatic heterocycles. The zero-order chi connectivity index (χ0) is 7.19. The van der Waals surface area contributed by atoms with Gasteiger partial charge in [-0.1, -0.05) is 0 Å². The molecule has 2 heterocycles. The van der Waals surface area contributed by atoms with Crippen molar-refractivity contribution in [3.63, 3.8) is 0 Å². The van der Waals surface area contributed by atoms with Crippen molar-refractivity contribution < 1.29 is 8.42 Å². The van der Waals surface area contributed by atoms with Crippen LogP contribution in [-0.2, 0) is 16.6 Å². The Morgan fingerprint density at radius 3 is 3.00 bits per heavy atom. The van der Waals surface area contributed by atoms with Gasteiger partial charge in [-0.15, -0.1) is 0 Å². The molecule has 0 amide bonds. The van der Waals surface area contributed by atoms with Gasteiger partial charge in [0.1, 0.15) is 4.90 Å². The summed E-state index contributed by atoms with van der Waals surface area (Å²) >= 11 is 0. The quantitative estimate of drug-likeness (QED) is 0.549. The molecule has 5 heteroatoms. The highest BCUT2D eigenvalue weighted by Crippen LogP contribution is 2.19. The minimum absolute atomic E-state index is 0.382. The molecule has 0 radical (unpaired) electrons. The number of aromatic nitrogens is 1. The molecule has 1 aliphatic rings. The second kappa shape index (κ2) is 1.62. The van der Waals surface area contributed by atoms with Gasteiger partial charge in [-0.25, -0.2) is 13.1 Å². The lowest BCUT2D eigenvalue weighted by Gasteiger charge is -1.88. The van der Waals surface area contributed by atoms with Gasteiger partial charge >= 0.3 is 0 Å². The van der Waals surface area contributed by atoms with Crippen LogP contribution in [0, 0.1) is 0 Å². The van der Waals surface area contributed by atoms with Crippen molar-refractivity contribution in [2.24, 2.45) is 0 Å². The Bertz CT molecular complexity index is 351. The van der Waals surface area contributed by atoms with Gasteiger partial charge in [-0.2, -0.15) is 0 Å². The minimum Gasteiger partial charge on any atom is -0.363 e. The molecule has 0 unspecified atom stereocenters.